The van der Waals surface area contributed by atoms with Crippen molar-refractivity contribution in [1.29, 1.82) is 0 Å². The summed E-state index contributed by atoms with van der Waals surface area (Å²) >= 11 is 0. The zero-order valence-electron chi connectivity index (χ0n) is 23.9. The molecule has 0 bridgehead atoms. The molecule has 0 aliphatic rings. The molecule has 0 saturated carbocycles. The minimum absolute atomic E-state index is 0.131. The van der Waals surface area contributed by atoms with Crippen LogP contribution in [0, 0.1) is 0 Å². The lowest BCUT2D eigenvalue weighted by Crippen LogP contribution is -2.42. The molecule has 2 atom stereocenters. The maximum Gasteiger partial charge on any atom is 0.0911 e. The molecule has 0 rings (SSSR count). The van der Waals surface area contributed by atoms with Gasteiger partial charge in [0.2, 0.25) is 0 Å². The van der Waals surface area contributed by atoms with E-state index in [2.05, 4.69) is 20.8 Å². The molecule has 200 valence electrons. The van der Waals surface area contributed by atoms with Gasteiger partial charge in [-0.1, -0.05) is 155 Å². The minimum atomic E-state index is -0.131. The third kappa shape index (κ3) is 19.9. The molecule has 33 heavy (non-hydrogen) atoms. The van der Waals surface area contributed by atoms with Gasteiger partial charge in [0.05, 0.1) is 11.7 Å². The molecule has 2 nitrogen and oxygen atoms in total. The van der Waals surface area contributed by atoms with Crippen molar-refractivity contribution < 1.29 is 9.47 Å². The highest BCUT2D eigenvalue weighted by atomic mass is 16.5. The van der Waals surface area contributed by atoms with E-state index in [0.717, 1.165) is 12.8 Å². The third-order valence-electron chi connectivity index (χ3n) is 7.78. The van der Waals surface area contributed by atoms with E-state index in [-0.39, 0.29) is 11.7 Å². The lowest BCUT2D eigenvalue weighted by Gasteiger charge is -2.36. The van der Waals surface area contributed by atoms with Gasteiger partial charge in [-0.05, 0) is 19.8 Å². The van der Waals surface area contributed by atoms with Crippen LogP contribution >= 0.6 is 0 Å². The smallest absolute Gasteiger partial charge is 0.0911 e. The summed E-state index contributed by atoms with van der Waals surface area (Å²) in [6.07, 6.45) is 33.3. The summed E-state index contributed by atoms with van der Waals surface area (Å²) in [6, 6.07) is 0. The maximum absolute atomic E-state index is 5.99. The summed E-state index contributed by atoms with van der Waals surface area (Å²) in [5.41, 5.74) is -0.131. The molecule has 0 radical (unpaired) electrons. The summed E-state index contributed by atoms with van der Waals surface area (Å²) in [5.74, 6) is 0. The second-order valence-electron chi connectivity index (χ2n) is 10.9. The van der Waals surface area contributed by atoms with Crippen LogP contribution < -0.4 is 0 Å². The minimum Gasteiger partial charge on any atom is -0.378 e. The van der Waals surface area contributed by atoms with Crippen LogP contribution in [0.4, 0.5) is 0 Å². The predicted molar refractivity (Wildman–Crippen MR) is 148 cm³/mol. The van der Waals surface area contributed by atoms with Crippen molar-refractivity contribution in [2.45, 2.75) is 187 Å². The van der Waals surface area contributed by atoms with E-state index >= 15 is 0 Å². The molecule has 0 aromatic rings. The van der Waals surface area contributed by atoms with Gasteiger partial charge >= 0.3 is 0 Å². The molecule has 0 N–H and O–H groups in total. The number of rotatable bonds is 27. The Labute approximate surface area is 210 Å². The van der Waals surface area contributed by atoms with Crippen molar-refractivity contribution >= 4 is 0 Å². The van der Waals surface area contributed by atoms with E-state index in [1.54, 1.807) is 0 Å². The van der Waals surface area contributed by atoms with Gasteiger partial charge in [0.1, 0.15) is 0 Å². The highest BCUT2D eigenvalue weighted by Gasteiger charge is 2.33. The van der Waals surface area contributed by atoms with Crippen molar-refractivity contribution in [3.63, 3.8) is 0 Å². The molecule has 0 saturated heterocycles. The van der Waals surface area contributed by atoms with Crippen molar-refractivity contribution in [1.82, 2.24) is 0 Å². The van der Waals surface area contributed by atoms with Crippen molar-refractivity contribution in [2.24, 2.45) is 0 Å². The zero-order valence-corrected chi connectivity index (χ0v) is 23.9. The Kier molecular flexibility index (Phi) is 25.0. The Morgan fingerprint density at radius 1 is 0.485 bits per heavy atom. The Morgan fingerprint density at radius 3 is 1.15 bits per heavy atom. The predicted octanol–water partition coefficient (Wildman–Crippen LogP) is 10.8. The van der Waals surface area contributed by atoms with Crippen LogP contribution in [-0.4, -0.2) is 25.9 Å². The number of hydrogen-bond donors (Lipinski definition) is 0. The second-order valence-corrected chi connectivity index (χ2v) is 10.9. The molecule has 0 amide bonds. The molecule has 2 heteroatoms. The highest BCUT2D eigenvalue weighted by molar-refractivity contribution is 4.85. The summed E-state index contributed by atoms with van der Waals surface area (Å²) in [4.78, 5) is 0. The first-order chi connectivity index (χ1) is 16.1. The standard InChI is InChI=1S/C31H64O2/c1-6-8-10-12-14-15-16-17-18-19-20-21-22-23-25-27-29-31(3,33-5)30(32-4)28-26-24-13-11-9-7-2/h30H,6-29H2,1-5H3. The fourth-order valence-corrected chi connectivity index (χ4v) is 5.20. The number of methoxy groups -OCH3 is 2. The average molecular weight is 469 g/mol. The number of hydrogen-bond acceptors (Lipinski definition) is 2. The van der Waals surface area contributed by atoms with Gasteiger partial charge in [-0.2, -0.15) is 0 Å². The molecule has 0 spiro atoms. The monoisotopic (exact) mass is 468 g/mol. The third-order valence-corrected chi connectivity index (χ3v) is 7.78. The fraction of sp³-hybridized carbons (Fsp3) is 1.00. The molecule has 0 aromatic carbocycles. The average Bonchev–Trinajstić information content (AvgIpc) is 2.83. The van der Waals surface area contributed by atoms with E-state index in [1.807, 2.05) is 14.2 Å². The van der Waals surface area contributed by atoms with Crippen LogP contribution in [-0.2, 0) is 9.47 Å². The van der Waals surface area contributed by atoms with Crippen LogP contribution in [0.25, 0.3) is 0 Å². The van der Waals surface area contributed by atoms with Crippen LogP contribution in [0.5, 0.6) is 0 Å². The first-order valence-corrected chi connectivity index (χ1v) is 15.2. The van der Waals surface area contributed by atoms with E-state index in [0.29, 0.717) is 0 Å². The Morgan fingerprint density at radius 2 is 0.818 bits per heavy atom. The van der Waals surface area contributed by atoms with Crippen molar-refractivity contribution in [3.05, 3.63) is 0 Å². The van der Waals surface area contributed by atoms with Crippen molar-refractivity contribution in [2.75, 3.05) is 14.2 Å². The Bertz CT molecular complexity index is 370. The van der Waals surface area contributed by atoms with Gasteiger partial charge in [-0.3, -0.25) is 0 Å². The molecular weight excluding hydrogens is 404 g/mol. The van der Waals surface area contributed by atoms with Gasteiger partial charge in [0.25, 0.3) is 0 Å². The molecule has 0 aliphatic heterocycles. The fourth-order valence-electron chi connectivity index (χ4n) is 5.20. The summed E-state index contributed by atoms with van der Waals surface area (Å²) in [7, 11) is 3.74. The van der Waals surface area contributed by atoms with Gasteiger partial charge < -0.3 is 9.47 Å². The van der Waals surface area contributed by atoms with Gasteiger partial charge in [0.15, 0.2) is 0 Å². The first kappa shape index (κ1) is 32.9. The van der Waals surface area contributed by atoms with Crippen LogP contribution in [0.1, 0.15) is 175 Å². The van der Waals surface area contributed by atoms with Gasteiger partial charge in [-0.25, -0.2) is 0 Å². The molecule has 2 unspecified atom stereocenters. The topological polar surface area (TPSA) is 18.5 Å². The molecular formula is C31H64O2. The molecule has 0 heterocycles. The quantitative estimate of drug-likeness (QED) is 0.112. The van der Waals surface area contributed by atoms with Crippen LogP contribution in [0.15, 0.2) is 0 Å². The van der Waals surface area contributed by atoms with E-state index in [9.17, 15) is 0 Å². The first-order valence-electron chi connectivity index (χ1n) is 15.2. The highest BCUT2D eigenvalue weighted by Crippen LogP contribution is 2.29. The SMILES string of the molecule is CCCCCCCCCCCCCCCCCCC(C)(OC)C(CCCCCCCC)OC. The van der Waals surface area contributed by atoms with E-state index in [1.165, 1.54) is 141 Å². The largest absolute Gasteiger partial charge is 0.378 e. The molecule has 0 aromatic heterocycles. The van der Waals surface area contributed by atoms with Crippen LogP contribution in [0.3, 0.4) is 0 Å². The van der Waals surface area contributed by atoms with Gasteiger partial charge in [-0.15, -0.1) is 0 Å². The summed E-state index contributed by atoms with van der Waals surface area (Å²) in [5, 5.41) is 0. The summed E-state index contributed by atoms with van der Waals surface area (Å²) in [6.45, 7) is 6.85. The number of unbranched alkanes of at least 4 members (excludes halogenated alkanes) is 20. The lowest BCUT2D eigenvalue weighted by molar-refractivity contribution is -0.115. The maximum atomic E-state index is 5.99. The normalized spacial score (nSPS) is 14.5. The zero-order chi connectivity index (χ0) is 24.5. The van der Waals surface area contributed by atoms with Crippen molar-refractivity contribution in [3.8, 4) is 0 Å². The molecule has 0 fully saturated rings. The van der Waals surface area contributed by atoms with Gasteiger partial charge in [0, 0.05) is 14.2 Å². The Hall–Kier alpha value is -0.0800. The number of ether oxygens (including phenoxy) is 2. The summed E-state index contributed by atoms with van der Waals surface area (Å²) < 4.78 is 11.9. The lowest BCUT2D eigenvalue weighted by atomic mass is 9.88. The van der Waals surface area contributed by atoms with E-state index in [4.69, 9.17) is 9.47 Å². The Balaban J connectivity index is 3.64. The van der Waals surface area contributed by atoms with Crippen LogP contribution in [0.2, 0.25) is 0 Å². The van der Waals surface area contributed by atoms with E-state index < -0.39 is 0 Å². The molecule has 0 aliphatic carbocycles. The second kappa shape index (κ2) is 25.0.